The van der Waals surface area contributed by atoms with Crippen molar-refractivity contribution in [2.45, 2.75) is 12.8 Å². The quantitative estimate of drug-likeness (QED) is 0.784. The number of amides is 2. The van der Waals surface area contributed by atoms with Crippen LogP contribution in [-0.4, -0.2) is 34.9 Å². The zero-order valence-corrected chi connectivity index (χ0v) is 14.7. The van der Waals surface area contributed by atoms with Crippen LogP contribution >= 0.6 is 11.6 Å². The zero-order valence-electron chi connectivity index (χ0n) is 13.9. The lowest BCUT2D eigenvalue weighted by atomic mass is 9.89. The van der Waals surface area contributed by atoms with Crippen molar-refractivity contribution in [1.29, 1.82) is 0 Å². The fraction of sp³-hybridized carbons (Fsp3) is 0.263. The molecule has 0 aliphatic carbocycles. The summed E-state index contributed by atoms with van der Waals surface area (Å²) in [7, 11) is 0. The summed E-state index contributed by atoms with van der Waals surface area (Å²) < 4.78 is 13.2. The van der Waals surface area contributed by atoms with Gasteiger partial charge in [-0.15, -0.1) is 0 Å². The van der Waals surface area contributed by atoms with Crippen molar-refractivity contribution in [2.24, 2.45) is 5.92 Å². The van der Waals surface area contributed by atoms with Crippen LogP contribution in [0.4, 0.5) is 14.9 Å². The number of carbonyl (C=O) groups excluding carboxylic acids is 2. The van der Waals surface area contributed by atoms with Crippen molar-refractivity contribution < 1.29 is 19.1 Å². The fourth-order valence-electron chi connectivity index (χ4n) is 2.98. The summed E-state index contributed by atoms with van der Waals surface area (Å²) in [4.78, 5) is 26.4. The first-order valence-electron chi connectivity index (χ1n) is 8.28. The molecule has 1 fully saturated rings. The van der Waals surface area contributed by atoms with Crippen LogP contribution in [0.15, 0.2) is 42.5 Å². The molecule has 2 amide bonds. The molecule has 0 saturated carbocycles. The average Bonchev–Trinajstić information content (AvgIpc) is 2.65. The first-order valence-corrected chi connectivity index (χ1v) is 8.66. The number of ketones is 1. The average molecular weight is 377 g/mol. The van der Waals surface area contributed by atoms with Crippen LogP contribution in [0.3, 0.4) is 0 Å². The Bertz CT molecular complexity index is 818. The predicted molar refractivity (Wildman–Crippen MR) is 97.2 cm³/mol. The van der Waals surface area contributed by atoms with Gasteiger partial charge in [0.25, 0.3) is 0 Å². The van der Waals surface area contributed by atoms with Gasteiger partial charge in [0.15, 0.2) is 5.78 Å². The van der Waals surface area contributed by atoms with Crippen LogP contribution in [0.1, 0.15) is 23.2 Å². The van der Waals surface area contributed by atoms with E-state index in [1.54, 1.807) is 17.0 Å². The summed E-state index contributed by atoms with van der Waals surface area (Å²) in [5, 5.41) is 11.9. The van der Waals surface area contributed by atoms with E-state index in [0.29, 0.717) is 37.2 Å². The smallest absolute Gasteiger partial charge is 0.321 e. The molecular weight excluding hydrogens is 359 g/mol. The molecule has 2 aromatic rings. The Balaban J connectivity index is 1.55. The van der Waals surface area contributed by atoms with Gasteiger partial charge in [0.05, 0.1) is 5.02 Å². The maximum Gasteiger partial charge on any atom is 0.321 e. The van der Waals surface area contributed by atoms with Crippen molar-refractivity contribution >= 4 is 29.1 Å². The summed E-state index contributed by atoms with van der Waals surface area (Å²) in [6, 6.07) is 9.89. The van der Waals surface area contributed by atoms with Crippen LogP contribution in [-0.2, 0) is 0 Å². The van der Waals surface area contributed by atoms with E-state index >= 15 is 0 Å². The molecule has 0 radical (unpaired) electrons. The number of hydrogen-bond donors (Lipinski definition) is 2. The number of rotatable bonds is 3. The Labute approximate surface area is 155 Å². The second-order valence-electron chi connectivity index (χ2n) is 6.23. The molecule has 5 nitrogen and oxygen atoms in total. The maximum absolute atomic E-state index is 13.2. The minimum Gasteiger partial charge on any atom is -0.508 e. The number of nitrogens with one attached hydrogen (secondary N) is 1. The molecule has 1 aliphatic rings. The second-order valence-corrected chi connectivity index (χ2v) is 6.64. The second kappa shape index (κ2) is 7.74. The monoisotopic (exact) mass is 376 g/mol. The highest BCUT2D eigenvalue weighted by Gasteiger charge is 2.28. The number of nitrogens with zero attached hydrogens (tertiary/aromatic N) is 1. The lowest BCUT2D eigenvalue weighted by Gasteiger charge is -2.31. The molecule has 1 heterocycles. The maximum atomic E-state index is 13.2. The molecule has 2 aromatic carbocycles. The van der Waals surface area contributed by atoms with Crippen LogP contribution in [0.25, 0.3) is 0 Å². The third kappa shape index (κ3) is 4.14. The largest absolute Gasteiger partial charge is 0.508 e. The Kier molecular flexibility index (Phi) is 5.42. The molecule has 0 bridgehead atoms. The number of hydrogen-bond acceptors (Lipinski definition) is 3. The summed E-state index contributed by atoms with van der Waals surface area (Å²) >= 11 is 5.71. The van der Waals surface area contributed by atoms with E-state index in [-0.39, 0.29) is 28.5 Å². The molecule has 3 rings (SSSR count). The van der Waals surface area contributed by atoms with Crippen molar-refractivity contribution in [3.8, 4) is 5.75 Å². The topological polar surface area (TPSA) is 69.6 Å². The van der Waals surface area contributed by atoms with Crippen LogP contribution in [0.2, 0.25) is 5.02 Å². The number of anilines is 1. The highest BCUT2D eigenvalue weighted by Crippen LogP contribution is 2.24. The number of urea groups is 1. The van der Waals surface area contributed by atoms with Crippen molar-refractivity contribution in [3.63, 3.8) is 0 Å². The SMILES string of the molecule is O=C(c1ccc(O)cc1)C1CCN(C(=O)Nc2ccc(F)c(Cl)c2)CC1. The molecule has 0 aromatic heterocycles. The standard InChI is InChI=1S/C19H18ClFN2O3/c20-16-11-14(3-6-17(16)21)22-19(26)23-9-7-13(8-10-23)18(25)12-1-4-15(24)5-2-12/h1-6,11,13,24H,7-10H2,(H,22,26). The number of carbonyl (C=O) groups is 2. The normalized spacial score (nSPS) is 14.9. The van der Waals surface area contributed by atoms with E-state index in [9.17, 15) is 19.1 Å². The highest BCUT2D eigenvalue weighted by molar-refractivity contribution is 6.31. The van der Waals surface area contributed by atoms with Gasteiger partial charge in [-0.1, -0.05) is 11.6 Å². The molecular formula is C19H18ClFN2O3. The molecule has 2 N–H and O–H groups in total. The summed E-state index contributed by atoms with van der Waals surface area (Å²) in [5.41, 5.74) is 0.982. The number of Topliss-reactive ketones (excluding diaryl/α,β-unsaturated/α-hetero) is 1. The van der Waals surface area contributed by atoms with E-state index in [0.717, 1.165) is 0 Å². The molecule has 0 unspecified atom stereocenters. The molecule has 1 aliphatic heterocycles. The van der Waals surface area contributed by atoms with Gasteiger partial charge in [-0.3, -0.25) is 4.79 Å². The molecule has 0 spiro atoms. The first kappa shape index (κ1) is 18.2. The first-order chi connectivity index (χ1) is 12.4. The van der Waals surface area contributed by atoms with Gasteiger partial charge in [0.2, 0.25) is 0 Å². The Morgan fingerprint density at radius 3 is 2.38 bits per heavy atom. The van der Waals surface area contributed by atoms with Crippen molar-refractivity contribution in [3.05, 3.63) is 58.9 Å². The molecule has 7 heteroatoms. The van der Waals surface area contributed by atoms with Gasteiger partial charge < -0.3 is 15.3 Å². The van der Waals surface area contributed by atoms with E-state index < -0.39 is 5.82 Å². The van der Waals surface area contributed by atoms with Gasteiger partial charge in [-0.25, -0.2) is 9.18 Å². The van der Waals surface area contributed by atoms with Crippen molar-refractivity contribution in [1.82, 2.24) is 4.90 Å². The van der Waals surface area contributed by atoms with Crippen LogP contribution < -0.4 is 5.32 Å². The molecule has 136 valence electrons. The Hall–Kier alpha value is -2.60. The third-order valence-electron chi connectivity index (χ3n) is 4.48. The van der Waals surface area contributed by atoms with Gasteiger partial charge >= 0.3 is 6.03 Å². The molecule has 1 saturated heterocycles. The zero-order chi connectivity index (χ0) is 18.7. The Morgan fingerprint density at radius 2 is 1.77 bits per heavy atom. The molecule has 0 atom stereocenters. The summed E-state index contributed by atoms with van der Waals surface area (Å²) in [6.45, 7) is 0.907. The third-order valence-corrected chi connectivity index (χ3v) is 4.77. The van der Waals surface area contributed by atoms with E-state index in [2.05, 4.69) is 5.32 Å². The Morgan fingerprint density at radius 1 is 1.12 bits per heavy atom. The number of aromatic hydroxyl groups is 1. The van der Waals surface area contributed by atoms with Gasteiger partial charge in [-0.2, -0.15) is 0 Å². The minimum atomic E-state index is -0.543. The lowest BCUT2D eigenvalue weighted by molar-refractivity contribution is 0.0859. The highest BCUT2D eigenvalue weighted by atomic mass is 35.5. The van der Waals surface area contributed by atoms with E-state index in [4.69, 9.17) is 11.6 Å². The van der Waals surface area contributed by atoms with Gasteiger partial charge in [0, 0.05) is 30.3 Å². The van der Waals surface area contributed by atoms with E-state index in [1.165, 1.54) is 30.3 Å². The van der Waals surface area contributed by atoms with Crippen LogP contribution in [0.5, 0.6) is 5.75 Å². The number of halogens is 2. The number of phenolic OH excluding ortho intramolecular Hbond substituents is 1. The number of benzene rings is 2. The predicted octanol–water partition coefficient (Wildman–Crippen LogP) is 4.31. The number of phenols is 1. The van der Waals surface area contributed by atoms with E-state index in [1.807, 2.05) is 0 Å². The van der Waals surface area contributed by atoms with Crippen LogP contribution in [0, 0.1) is 11.7 Å². The van der Waals surface area contributed by atoms with Crippen molar-refractivity contribution in [2.75, 3.05) is 18.4 Å². The summed E-state index contributed by atoms with van der Waals surface area (Å²) in [6.07, 6.45) is 1.13. The van der Waals surface area contributed by atoms with Gasteiger partial charge in [-0.05, 0) is 55.3 Å². The number of piperidine rings is 1. The molecule has 26 heavy (non-hydrogen) atoms. The minimum absolute atomic E-state index is 0.0235. The fourth-order valence-corrected chi connectivity index (χ4v) is 3.16. The lowest BCUT2D eigenvalue weighted by Crippen LogP contribution is -2.42. The number of likely N-dealkylation sites (tertiary alicyclic amines) is 1. The summed E-state index contributed by atoms with van der Waals surface area (Å²) in [5.74, 6) is -0.550. The van der Waals surface area contributed by atoms with Gasteiger partial charge in [0.1, 0.15) is 11.6 Å².